The van der Waals surface area contributed by atoms with Gasteiger partial charge >= 0.3 is 0 Å². The fourth-order valence-electron chi connectivity index (χ4n) is 1.85. The molecule has 1 aromatic carbocycles. The molecule has 2 rings (SSSR count). The monoisotopic (exact) mass is 299 g/mol. The molecule has 0 radical (unpaired) electrons. The highest BCUT2D eigenvalue weighted by Gasteiger charge is 2.09. The summed E-state index contributed by atoms with van der Waals surface area (Å²) in [4.78, 5) is 4.15. The lowest BCUT2D eigenvalue weighted by atomic mass is 10.2. The van der Waals surface area contributed by atoms with Crippen LogP contribution >= 0.6 is 0 Å². The number of aryl methyl sites for hydroxylation is 1. The molecule has 0 unspecified atom stereocenters. The number of aromatic nitrogens is 2. The molecule has 1 aromatic heterocycles. The third kappa shape index (κ3) is 3.09. The van der Waals surface area contributed by atoms with Gasteiger partial charge in [-0.05, 0) is 12.1 Å². The standard InChI is InChI=1S/C14H14FN7/c1-2-13-19-5-6-22(13)12-4-3-9(7-10(12)15)20-21-11(8-16)14(17)18/h3-7,20H,2H2,1H3,(H3,17,18)/b21-11+. The van der Waals surface area contributed by atoms with Crippen LogP contribution in [0.25, 0.3) is 5.69 Å². The van der Waals surface area contributed by atoms with E-state index in [1.807, 2.05) is 6.92 Å². The van der Waals surface area contributed by atoms with Crippen LogP contribution in [0.15, 0.2) is 35.7 Å². The van der Waals surface area contributed by atoms with Crippen LogP contribution < -0.4 is 11.2 Å². The molecule has 0 atom stereocenters. The summed E-state index contributed by atoms with van der Waals surface area (Å²) in [6.07, 6.45) is 3.98. The molecule has 2 aromatic rings. The molecule has 0 saturated carbocycles. The number of hydrogen-bond donors (Lipinski definition) is 3. The minimum Gasteiger partial charge on any atom is -0.382 e. The average Bonchev–Trinajstić information content (AvgIpc) is 2.96. The van der Waals surface area contributed by atoms with Gasteiger partial charge in [0.1, 0.15) is 17.7 Å². The largest absolute Gasteiger partial charge is 0.382 e. The van der Waals surface area contributed by atoms with Crippen molar-refractivity contribution in [1.82, 2.24) is 9.55 Å². The lowest BCUT2D eigenvalue weighted by Gasteiger charge is -2.09. The zero-order valence-electron chi connectivity index (χ0n) is 11.8. The number of amidine groups is 1. The van der Waals surface area contributed by atoms with E-state index in [1.54, 1.807) is 35.2 Å². The Morgan fingerprint density at radius 1 is 1.59 bits per heavy atom. The molecule has 7 nitrogen and oxygen atoms in total. The minimum atomic E-state index is -0.464. The smallest absolute Gasteiger partial charge is 0.201 e. The van der Waals surface area contributed by atoms with Crippen molar-refractivity contribution in [2.24, 2.45) is 10.8 Å². The van der Waals surface area contributed by atoms with Gasteiger partial charge in [0.15, 0.2) is 5.84 Å². The second-order valence-electron chi connectivity index (χ2n) is 4.33. The number of imidazole rings is 1. The molecule has 8 heteroatoms. The van der Waals surface area contributed by atoms with Crippen LogP contribution in [0, 0.1) is 22.6 Å². The average molecular weight is 299 g/mol. The van der Waals surface area contributed by atoms with Gasteiger partial charge in [0.2, 0.25) is 5.71 Å². The molecule has 0 spiro atoms. The van der Waals surface area contributed by atoms with E-state index in [-0.39, 0.29) is 5.71 Å². The Morgan fingerprint density at radius 3 is 2.95 bits per heavy atom. The maximum Gasteiger partial charge on any atom is 0.201 e. The normalized spacial score (nSPS) is 11.0. The number of nitriles is 1. The van der Waals surface area contributed by atoms with Crippen LogP contribution in [-0.2, 0) is 6.42 Å². The van der Waals surface area contributed by atoms with Crippen LogP contribution in [0.4, 0.5) is 10.1 Å². The van der Waals surface area contributed by atoms with Crippen molar-refractivity contribution in [2.45, 2.75) is 13.3 Å². The van der Waals surface area contributed by atoms with Crippen LogP contribution in [0.5, 0.6) is 0 Å². The van der Waals surface area contributed by atoms with E-state index >= 15 is 0 Å². The molecule has 0 aliphatic rings. The summed E-state index contributed by atoms with van der Waals surface area (Å²) in [5.41, 5.74) is 8.11. The summed E-state index contributed by atoms with van der Waals surface area (Å²) in [7, 11) is 0. The summed E-state index contributed by atoms with van der Waals surface area (Å²) in [5, 5.41) is 19.5. The number of rotatable bonds is 5. The lowest BCUT2D eigenvalue weighted by Crippen LogP contribution is -2.21. The van der Waals surface area contributed by atoms with Gasteiger partial charge in [-0.1, -0.05) is 6.92 Å². The lowest BCUT2D eigenvalue weighted by molar-refractivity contribution is 0.616. The molecule has 4 N–H and O–H groups in total. The quantitative estimate of drug-likeness (QED) is 0.443. The Labute approximate surface area is 126 Å². The van der Waals surface area contributed by atoms with Crippen molar-refractivity contribution >= 4 is 17.2 Å². The van der Waals surface area contributed by atoms with Gasteiger partial charge in [-0.2, -0.15) is 10.4 Å². The highest BCUT2D eigenvalue weighted by molar-refractivity contribution is 6.45. The first-order valence-electron chi connectivity index (χ1n) is 6.47. The molecule has 0 amide bonds. The summed E-state index contributed by atoms with van der Waals surface area (Å²) in [6.45, 7) is 1.94. The predicted molar refractivity (Wildman–Crippen MR) is 81.5 cm³/mol. The highest BCUT2D eigenvalue weighted by Crippen LogP contribution is 2.19. The highest BCUT2D eigenvalue weighted by atomic mass is 19.1. The Hall–Kier alpha value is -3.21. The van der Waals surface area contributed by atoms with Gasteiger partial charge in [0, 0.05) is 24.9 Å². The summed E-state index contributed by atoms with van der Waals surface area (Å²) >= 11 is 0. The fourth-order valence-corrected chi connectivity index (χ4v) is 1.85. The van der Waals surface area contributed by atoms with E-state index < -0.39 is 11.7 Å². The number of benzene rings is 1. The predicted octanol–water partition coefficient (Wildman–Crippen LogP) is 1.80. The van der Waals surface area contributed by atoms with Gasteiger partial charge in [-0.25, -0.2) is 9.37 Å². The number of hydrazone groups is 1. The van der Waals surface area contributed by atoms with E-state index in [0.29, 0.717) is 17.8 Å². The summed E-state index contributed by atoms with van der Waals surface area (Å²) in [6, 6.07) is 6.10. The zero-order chi connectivity index (χ0) is 16.1. The Bertz CT molecular complexity index is 770. The Morgan fingerprint density at radius 2 is 2.36 bits per heavy atom. The second-order valence-corrected chi connectivity index (χ2v) is 4.33. The van der Waals surface area contributed by atoms with Crippen molar-refractivity contribution in [2.75, 3.05) is 5.43 Å². The number of nitrogens with zero attached hydrogens (tertiary/aromatic N) is 4. The molecule has 0 bridgehead atoms. The molecular weight excluding hydrogens is 285 g/mol. The first-order valence-corrected chi connectivity index (χ1v) is 6.47. The van der Waals surface area contributed by atoms with Crippen LogP contribution in [0.3, 0.4) is 0 Å². The van der Waals surface area contributed by atoms with Crippen LogP contribution in [0.1, 0.15) is 12.7 Å². The minimum absolute atomic E-state index is 0.271. The number of nitrogens with two attached hydrogens (primary N) is 1. The van der Waals surface area contributed by atoms with Gasteiger partial charge < -0.3 is 10.3 Å². The molecular formula is C14H14FN7. The first-order chi connectivity index (χ1) is 10.6. The van der Waals surface area contributed by atoms with Gasteiger partial charge in [0.25, 0.3) is 0 Å². The first kappa shape index (κ1) is 15.2. The maximum absolute atomic E-state index is 14.2. The third-order valence-corrected chi connectivity index (χ3v) is 2.90. The summed E-state index contributed by atoms with van der Waals surface area (Å²) < 4.78 is 15.9. The molecule has 1 heterocycles. The summed E-state index contributed by atoms with van der Waals surface area (Å²) in [5.74, 6) is -0.173. The number of hydrogen-bond acceptors (Lipinski definition) is 5. The number of nitrogens with one attached hydrogen (secondary N) is 2. The van der Waals surface area contributed by atoms with E-state index in [1.165, 1.54) is 6.07 Å². The molecule has 0 fully saturated rings. The van der Waals surface area contributed by atoms with Crippen molar-refractivity contribution in [3.05, 3.63) is 42.2 Å². The van der Waals surface area contributed by atoms with Crippen molar-refractivity contribution in [3.8, 4) is 11.8 Å². The zero-order valence-corrected chi connectivity index (χ0v) is 11.8. The molecule has 0 saturated heterocycles. The topological polar surface area (TPSA) is 116 Å². The molecule has 0 aliphatic carbocycles. The molecule has 112 valence electrons. The van der Waals surface area contributed by atoms with E-state index in [2.05, 4.69) is 15.5 Å². The van der Waals surface area contributed by atoms with Gasteiger partial charge in [-0.15, -0.1) is 0 Å². The van der Waals surface area contributed by atoms with E-state index in [4.69, 9.17) is 16.4 Å². The number of halogens is 1. The van der Waals surface area contributed by atoms with Crippen LogP contribution in [-0.4, -0.2) is 21.1 Å². The molecule has 22 heavy (non-hydrogen) atoms. The Kier molecular flexibility index (Phi) is 4.48. The number of anilines is 1. The van der Waals surface area contributed by atoms with Crippen molar-refractivity contribution < 1.29 is 4.39 Å². The second kappa shape index (κ2) is 6.49. The Balaban J connectivity index is 2.28. The van der Waals surface area contributed by atoms with Crippen molar-refractivity contribution in [3.63, 3.8) is 0 Å². The van der Waals surface area contributed by atoms with E-state index in [0.717, 1.165) is 5.82 Å². The van der Waals surface area contributed by atoms with Crippen molar-refractivity contribution in [1.29, 1.82) is 10.7 Å². The van der Waals surface area contributed by atoms with Gasteiger partial charge in [0.05, 0.1) is 11.4 Å². The van der Waals surface area contributed by atoms with Crippen LogP contribution in [0.2, 0.25) is 0 Å². The van der Waals surface area contributed by atoms with Gasteiger partial charge in [-0.3, -0.25) is 10.8 Å². The fraction of sp³-hybridized carbons (Fsp3) is 0.143. The van der Waals surface area contributed by atoms with E-state index in [9.17, 15) is 4.39 Å². The SMILES string of the molecule is CCc1nccn1-c1ccc(N/N=C(\C#N)C(=N)N)cc1F. The third-order valence-electron chi connectivity index (χ3n) is 2.90. The maximum atomic E-state index is 14.2. The molecule has 0 aliphatic heterocycles.